The van der Waals surface area contributed by atoms with E-state index in [9.17, 15) is 4.39 Å². The third-order valence-corrected chi connectivity index (χ3v) is 5.72. The van der Waals surface area contributed by atoms with E-state index >= 15 is 0 Å². The minimum Gasteiger partial charge on any atom is -0.366 e. The number of nitrogens with zero attached hydrogens (tertiary/aromatic N) is 2. The Kier molecular flexibility index (Phi) is 5.51. The molecule has 144 valence electrons. The van der Waals surface area contributed by atoms with E-state index in [1.54, 1.807) is 6.07 Å². The average Bonchev–Trinajstić information content (AvgIpc) is 3.50. The third-order valence-electron chi connectivity index (χ3n) is 4.79. The first kappa shape index (κ1) is 19.2. The van der Waals surface area contributed by atoms with Gasteiger partial charge in [0, 0.05) is 21.6 Å². The lowest BCUT2D eigenvalue weighted by molar-refractivity contribution is 0.628. The van der Waals surface area contributed by atoms with Gasteiger partial charge >= 0.3 is 0 Å². The maximum absolute atomic E-state index is 13.4. The van der Waals surface area contributed by atoms with Crippen LogP contribution in [0.15, 0.2) is 53.5 Å². The summed E-state index contributed by atoms with van der Waals surface area (Å²) in [7, 11) is 0. The summed E-state index contributed by atoms with van der Waals surface area (Å²) in [5, 5.41) is 7.70. The number of halogens is 3. The molecule has 28 heavy (non-hydrogen) atoms. The molecule has 1 aliphatic rings. The van der Waals surface area contributed by atoms with E-state index in [2.05, 4.69) is 38.1 Å². The zero-order valence-electron chi connectivity index (χ0n) is 15.1. The number of rotatable bonds is 7. The topological polar surface area (TPSA) is 49.8 Å². The SMILES string of the molecule is C=CC[C@@H](Nc1nc(Nc2ccc(F)c(Cl)c2)nc2c(Br)cccc12)C1CC1. The Bertz CT molecular complexity index is 1040. The zero-order chi connectivity index (χ0) is 19.7. The molecule has 1 aromatic heterocycles. The maximum Gasteiger partial charge on any atom is 0.229 e. The lowest BCUT2D eigenvalue weighted by Gasteiger charge is -2.19. The lowest BCUT2D eigenvalue weighted by Crippen LogP contribution is -2.22. The largest absolute Gasteiger partial charge is 0.366 e. The highest BCUT2D eigenvalue weighted by atomic mass is 79.9. The van der Waals surface area contributed by atoms with Crippen molar-refractivity contribution in [2.45, 2.75) is 25.3 Å². The number of nitrogens with one attached hydrogen (secondary N) is 2. The van der Waals surface area contributed by atoms with Gasteiger partial charge in [-0.1, -0.05) is 23.7 Å². The fraction of sp³-hybridized carbons (Fsp3) is 0.238. The van der Waals surface area contributed by atoms with E-state index < -0.39 is 5.82 Å². The van der Waals surface area contributed by atoms with Gasteiger partial charge < -0.3 is 10.6 Å². The van der Waals surface area contributed by atoms with Crippen LogP contribution in [-0.2, 0) is 0 Å². The van der Waals surface area contributed by atoms with E-state index in [0.29, 0.717) is 23.6 Å². The first-order chi connectivity index (χ1) is 13.5. The van der Waals surface area contributed by atoms with Gasteiger partial charge in [0.1, 0.15) is 11.6 Å². The normalized spacial score (nSPS) is 14.7. The van der Waals surface area contributed by atoms with Crippen LogP contribution in [0.1, 0.15) is 19.3 Å². The van der Waals surface area contributed by atoms with Gasteiger partial charge in [0.2, 0.25) is 5.95 Å². The molecule has 3 aromatic rings. The van der Waals surface area contributed by atoms with Crippen molar-refractivity contribution >= 4 is 55.9 Å². The fourth-order valence-electron chi connectivity index (χ4n) is 3.21. The molecule has 0 bridgehead atoms. The standard InChI is InChI=1S/C21H19BrClFN4/c1-2-4-18(12-7-8-12)26-20-14-5-3-6-15(22)19(14)27-21(28-20)25-13-9-10-17(24)16(23)11-13/h2-3,5-6,9-12,18H,1,4,7-8H2,(H2,25,26,27,28)/t18-/m1/s1. The monoisotopic (exact) mass is 460 g/mol. The number of fused-ring (bicyclic) bond motifs is 1. The summed E-state index contributed by atoms with van der Waals surface area (Å²) in [6.07, 6.45) is 5.25. The van der Waals surface area contributed by atoms with Crippen LogP contribution < -0.4 is 10.6 Å². The van der Waals surface area contributed by atoms with Crippen molar-refractivity contribution in [3.05, 3.63) is 64.4 Å². The van der Waals surface area contributed by atoms with Gasteiger partial charge in [-0.2, -0.15) is 4.98 Å². The minimum atomic E-state index is -0.464. The molecule has 7 heteroatoms. The average molecular weight is 462 g/mol. The van der Waals surface area contributed by atoms with Crippen LogP contribution in [0.2, 0.25) is 5.02 Å². The van der Waals surface area contributed by atoms with Crippen LogP contribution >= 0.6 is 27.5 Å². The zero-order valence-corrected chi connectivity index (χ0v) is 17.4. The minimum absolute atomic E-state index is 0.0464. The highest BCUT2D eigenvalue weighted by Gasteiger charge is 2.31. The summed E-state index contributed by atoms with van der Waals surface area (Å²) in [6, 6.07) is 10.6. The summed E-state index contributed by atoms with van der Waals surface area (Å²) in [5.74, 6) is 1.36. The molecule has 0 saturated heterocycles. The highest BCUT2D eigenvalue weighted by Crippen LogP contribution is 2.37. The summed E-state index contributed by atoms with van der Waals surface area (Å²) >= 11 is 9.47. The molecule has 1 fully saturated rings. The molecule has 2 aromatic carbocycles. The van der Waals surface area contributed by atoms with Gasteiger partial charge in [0.15, 0.2) is 0 Å². The van der Waals surface area contributed by atoms with Crippen molar-refractivity contribution in [2.24, 2.45) is 5.92 Å². The van der Waals surface area contributed by atoms with E-state index in [1.165, 1.54) is 25.0 Å². The Balaban J connectivity index is 1.73. The lowest BCUT2D eigenvalue weighted by atomic mass is 10.1. The van der Waals surface area contributed by atoms with Crippen molar-refractivity contribution in [1.82, 2.24) is 9.97 Å². The molecule has 1 atom stereocenters. The molecule has 1 saturated carbocycles. The smallest absolute Gasteiger partial charge is 0.229 e. The van der Waals surface area contributed by atoms with Crippen LogP contribution in [0.3, 0.4) is 0 Å². The molecule has 0 amide bonds. The highest BCUT2D eigenvalue weighted by molar-refractivity contribution is 9.10. The van der Waals surface area contributed by atoms with Crippen LogP contribution in [0.4, 0.5) is 21.8 Å². The van der Waals surface area contributed by atoms with Gasteiger partial charge in [-0.25, -0.2) is 9.37 Å². The summed E-state index contributed by atoms with van der Waals surface area (Å²) in [5.41, 5.74) is 1.41. The Morgan fingerprint density at radius 1 is 1.29 bits per heavy atom. The number of benzene rings is 2. The van der Waals surface area contributed by atoms with Crippen LogP contribution in [0, 0.1) is 11.7 Å². The Morgan fingerprint density at radius 2 is 2.11 bits per heavy atom. The van der Waals surface area contributed by atoms with Crippen molar-refractivity contribution in [2.75, 3.05) is 10.6 Å². The fourth-order valence-corrected chi connectivity index (χ4v) is 3.84. The molecule has 0 spiro atoms. The molecule has 0 radical (unpaired) electrons. The summed E-state index contributed by atoms with van der Waals surface area (Å²) in [6.45, 7) is 3.88. The maximum atomic E-state index is 13.4. The summed E-state index contributed by atoms with van der Waals surface area (Å²) < 4.78 is 14.3. The van der Waals surface area contributed by atoms with Crippen LogP contribution in [0.25, 0.3) is 10.9 Å². The summed E-state index contributed by atoms with van der Waals surface area (Å²) in [4.78, 5) is 9.33. The van der Waals surface area contributed by atoms with Crippen molar-refractivity contribution in [1.29, 1.82) is 0 Å². The number of para-hydroxylation sites is 1. The number of aromatic nitrogens is 2. The van der Waals surface area contributed by atoms with Crippen LogP contribution in [0.5, 0.6) is 0 Å². The predicted octanol–water partition coefficient (Wildman–Crippen LogP) is 6.70. The molecule has 1 aliphatic carbocycles. The Labute approximate surface area is 176 Å². The van der Waals surface area contributed by atoms with E-state index in [4.69, 9.17) is 16.6 Å². The molecule has 2 N–H and O–H groups in total. The second kappa shape index (κ2) is 8.05. The van der Waals surface area contributed by atoms with E-state index in [1.807, 2.05) is 24.3 Å². The third kappa shape index (κ3) is 4.13. The molecule has 4 nitrogen and oxygen atoms in total. The number of hydrogen-bond donors (Lipinski definition) is 2. The van der Waals surface area contributed by atoms with E-state index in [0.717, 1.165) is 27.6 Å². The first-order valence-electron chi connectivity index (χ1n) is 9.11. The van der Waals surface area contributed by atoms with E-state index in [-0.39, 0.29) is 5.02 Å². The van der Waals surface area contributed by atoms with Crippen molar-refractivity contribution in [3.63, 3.8) is 0 Å². The molecule has 0 aliphatic heterocycles. The number of anilines is 3. The molecular weight excluding hydrogens is 443 g/mol. The molecule has 4 rings (SSSR count). The predicted molar refractivity (Wildman–Crippen MR) is 117 cm³/mol. The number of hydrogen-bond acceptors (Lipinski definition) is 4. The Hall–Kier alpha value is -2.18. The molecule has 0 unspecified atom stereocenters. The van der Waals surface area contributed by atoms with Gasteiger partial charge in [-0.05, 0) is 71.4 Å². The van der Waals surface area contributed by atoms with Crippen molar-refractivity contribution in [3.8, 4) is 0 Å². The second-order valence-electron chi connectivity index (χ2n) is 6.90. The van der Waals surface area contributed by atoms with Crippen molar-refractivity contribution < 1.29 is 4.39 Å². The van der Waals surface area contributed by atoms with Gasteiger partial charge in [0.05, 0.1) is 10.5 Å². The van der Waals surface area contributed by atoms with Gasteiger partial charge in [-0.15, -0.1) is 6.58 Å². The quantitative estimate of drug-likeness (QED) is 0.385. The molecular formula is C21H19BrClFN4. The van der Waals surface area contributed by atoms with Gasteiger partial charge in [0.25, 0.3) is 0 Å². The first-order valence-corrected chi connectivity index (χ1v) is 10.3. The second-order valence-corrected chi connectivity index (χ2v) is 8.16. The van der Waals surface area contributed by atoms with Gasteiger partial charge in [-0.3, -0.25) is 0 Å². The van der Waals surface area contributed by atoms with Crippen LogP contribution in [-0.4, -0.2) is 16.0 Å². The molecule has 1 heterocycles. The Morgan fingerprint density at radius 3 is 2.82 bits per heavy atom.